The monoisotopic (exact) mass is 255 g/mol. The van der Waals surface area contributed by atoms with Crippen LogP contribution in [-0.4, -0.2) is 61.3 Å². The first-order valence-corrected chi connectivity index (χ1v) is 6.25. The van der Waals surface area contributed by atoms with Gasteiger partial charge in [-0.05, 0) is 20.5 Å². The van der Waals surface area contributed by atoms with Crippen LogP contribution in [0.25, 0.3) is 0 Å². The van der Waals surface area contributed by atoms with E-state index in [-0.39, 0.29) is 17.7 Å². The van der Waals surface area contributed by atoms with Crippen molar-refractivity contribution in [1.82, 2.24) is 15.1 Å². The van der Waals surface area contributed by atoms with Crippen LogP contribution >= 0.6 is 0 Å². The van der Waals surface area contributed by atoms with Gasteiger partial charge >= 0.3 is 0 Å². The number of likely N-dealkylation sites (tertiary alicyclic amines) is 1. The number of imide groups is 1. The first-order chi connectivity index (χ1) is 8.50. The van der Waals surface area contributed by atoms with Gasteiger partial charge in [0.15, 0.2) is 0 Å². The molecular formula is C12H21N3O3. The average molecular weight is 255 g/mol. The minimum absolute atomic E-state index is 0.0315. The van der Waals surface area contributed by atoms with Crippen LogP contribution in [-0.2, 0) is 14.4 Å². The van der Waals surface area contributed by atoms with Crippen molar-refractivity contribution in [3.8, 4) is 0 Å². The Bertz CT molecular complexity index is 313. The van der Waals surface area contributed by atoms with Crippen molar-refractivity contribution in [3.63, 3.8) is 0 Å². The smallest absolute Gasteiger partial charge is 0.229 e. The van der Waals surface area contributed by atoms with E-state index >= 15 is 0 Å². The summed E-state index contributed by atoms with van der Waals surface area (Å²) >= 11 is 0. The summed E-state index contributed by atoms with van der Waals surface area (Å²) < 4.78 is 0. The summed E-state index contributed by atoms with van der Waals surface area (Å²) in [6.45, 7) is 1.78. The zero-order valence-electron chi connectivity index (χ0n) is 11.1. The Morgan fingerprint density at radius 3 is 2.44 bits per heavy atom. The van der Waals surface area contributed by atoms with Crippen molar-refractivity contribution in [2.24, 2.45) is 0 Å². The Labute approximate surface area is 107 Å². The summed E-state index contributed by atoms with van der Waals surface area (Å²) in [6.07, 6.45) is 1.51. The number of hydrogen-bond acceptors (Lipinski definition) is 4. The summed E-state index contributed by atoms with van der Waals surface area (Å²) in [7, 11) is 3.88. The van der Waals surface area contributed by atoms with Crippen molar-refractivity contribution in [1.29, 1.82) is 0 Å². The zero-order chi connectivity index (χ0) is 13.5. The van der Waals surface area contributed by atoms with Gasteiger partial charge in [0.1, 0.15) is 0 Å². The Morgan fingerprint density at radius 2 is 1.89 bits per heavy atom. The predicted octanol–water partition coefficient (Wildman–Crippen LogP) is -0.407. The molecule has 0 aliphatic carbocycles. The van der Waals surface area contributed by atoms with Crippen molar-refractivity contribution >= 4 is 17.7 Å². The number of carbonyl (C=O) groups is 3. The molecule has 1 rings (SSSR count). The molecule has 0 atom stereocenters. The van der Waals surface area contributed by atoms with E-state index in [1.807, 2.05) is 19.0 Å². The van der Waals surface area contributed by atoms with E-state index in [1.165, 1.54) is 4.90 Å². The molecule has 1 heterocycles. The molecule has 0 spiro atoms. The molecular weight excluding hydrogens is 234 g/mol. The SMILES string of the molecule is CN(C)CCNC(=O)CCCN1C(=O)CCC1=O. The minimum atomic E-state index is -0.118. The molecule has 6 heteroatoms. The van der Waals surface area contributed by atoms with Crippen molar-refractivity contribution in [3.05, 3.63) is 0 Å². The van der Waals surface area contributed by atoms with E-state index in [1.54, 1.807) is 0 Å². The molecule has 1 fully saturated rings. The highest BCUT2D eigenvalue weighted by molar-refractivity contribution is 6.01. The lowest BCUT2D eigenvalue weighted by molar-refractivity contribution is -0.138. The second-order valence-corrected chi connectivity index (χ2v) is 4.70. The van der Waals surface area contributed by atoms with Crippen LogP contribution in [0.15, 0.2) is 0 Å². The third kappa shape index (κ3) is 4.83. The van der Waals surface area contributed by atoms with Crippen molar-refractivity contribution < 1.29 is 14.4 Å². The van der Waals surface area contributed by atoms with E-state index in [4.69, 9.17) is 0 Å². The number of carbonyl (C=O) groups excluding carboxylic acids is 3. The van der Waals surface area contributed by atoms with Crippen LogP contribution in [0.5, 0.6) is 0 Å². The fraction of sp³-hybridized carbons (Fsp3) is 0.750. The number of hydrogen-bond donors (Lipinski definition) is 1. The van der Waals surface area contributed by atoms with Crippen LogP contribution in [0, 0.1) is 0 Å². The van der Waals surface area contributed by atoms with Gasteiger partial charge in [-0.25, -0.2) is 0 Å². The topological polar surface area (TPSA) is 69.7 Å². The highest BCUT2D eigenvalue weighted by Gasteiger charge is 2.28. The van der Waals surface area contributed by atoms with Crippen LogP contribution in [0.4, 0.5) is 0 Å². The molecule has 1 saturated heterocycles. The summed E-state index contributed by atoms with van der Waals surface area (Å²) in [5, 5.41) is 2.79. The molecule has 18 heavy (non-hydrogen) atoms. The van der Waals surface area contributed by atoms with Crippen LogP contribution in [0.2, 0.25) is 0 Å². The lowest BCUT2D eigenvalue weighted by atomic mass is 10.3. The quantitative estimate of drug-likeness (QED) is 0.628. The Kier molecular flexibility index (Phi) is 5.77. The molecule has 0 saturated carbocycles. The first-order valence-electron chi connectivity index (χ1n) is 6.25. The molecule has 0 unspecified atom stereocenters. The highest BCUT2D eigenvalue weighted by Crippen LogP contribution is 2.12. The summed E-state index contributed by atoms with van der Waals surface area (Å²) in [5.41, 5.74) is 0. The number of nitrogens with zero attached hydrogens (tertiary/aromatic N) is 2. The second-order valence-electron chi connectivity index (χ2n) is 4.70. The molecule has 3 amide bonds. The van der Waals surface area contributed by atoms with E-state index < -0.39 is 0 Å². The molecule has 0 bridgehead atoms. The van der Waals surface area contributed by atoms with E-state index in [0.717, 1.165) is 6.54 Å². The fourth-order valence-corrected chi connectivity index (χ4v) is 1.78. The maximum atomic E-state index is 11.4. The van der Waals surface area contributed by atoms with Crippen LogP contribution in [0.1, 0.15) is 25.7 Å². The van der Waals surface area contributed by atoms with Gasteiger partial charge in [0.25, 0.3) is 0 Å². The van der Waals surface area contributed by atoms with Crippen LogP contribution < -0.4 is 5.32 Å². The zero-order valence-corrected chi connectivity index (χ0v) is 11.1. The number of likely N-dealkylation sites (N-methyl/N-ethyl adjacent to an activating group) is 1. The van der Waals surface area contributed by atoms with Gasteiger partial charge in [0.05, 0.1) is 0 Å². The predicted molar refractivity (Wildman–Crippen MR) is 66.8 cm³/mol. The van der Waals surface area contributed by atoms with Gasteiger partial charge in [0, 0.05) is 38.9 Å². The Morgan fingerprint density at radius 1 is 1.28 bits per heavy atom. The third-order valence-electron chi connectivity index (χ3n) is 2.82. The molecule has 6 nitrogen and oxygen atoms in total. The van der Waals surface area contributed by atoms with E-state index in [9.17, 15) is 14.4 Å². The molecule has 1 aliphatic rings. The number of amides is 3. The summed E-state index contributed by atoms with van der Waals surface area (Å²) in [4.78, 5) is 37.3. The number of nitrogens with one attached hydrogen (secondary N) is 1. The molecule has 0 radical (unpaired) electrons. The van der Waals surface area contributed by atoms with Gasteiger partial charge < -0.3 is 10.2 Å². The maximum Gasteiger partial charge on any atom is 0.229 e. The molecule has 1 N–H and O–H groups in total. The molecule has 0 aromatic heterocycles. The second kappa shape index (κ2) is 7.10. The van der Waals surface area contributed by atoms with Gasteiger partial charge in [-0.2, -0.15) is 0 Å². The summed E-state index contributed by atoms with van der Waals surface area (Å²) in [6, 6.07) is 0. The summed E-state index contributed by atoms with van der Waals surface area (Å²) in [5.74, 6) is -0.267. The number of rotatable bonds is 7. The maximum absolute atomic E-state index is 11.4. The molecule has 102 valence electrons. The van der Waals surface area contributed by atoms with Crippen LogP contribution in [0.3, 0.4) is 0 Å². The third-order valence-corrected chi connectivity index (χ3v) is 2.82. The van der Waals surface area contributed by atoms with Gasteiger partial charge in [-0.3, -0.25) is 19.3 Å². The van der Waals surface area contributed by atoms with E-state index in [0.29, 0.717) is 38.8 Å². The van der Waals surface area contributed by atoms with Gasteiger partial charge in [0.2, 0.25) is 17.7 Å². The van der Waals surface area contributed by atoms with Crippen molar-refractivity contribution in [2.75, 3.05) is 33.7 Å². The highest BCUT2D eigenvalue weighted by atomic mass is 16.2. The normalized spacial score (nSPS) is 15.6. The van der Waals surface area contributed by atoms with E-state index in [2.05, 4.69) is 5.32 Å². The largest absolute Gasteiger partial charge is 0.355 e. The first kappa shape index (κ1) is 14.6. The standard InChI is InChI=1S/C12H21N3O3/c1-14(2)9-7-13-10(16)4-3-8-15-11(17)5-6-12(15)18/h3-9H2,1-2H3,(H,13,16). The van der Waals surface area contributed by atoms with Crippen molar-refractivity contribution in [2.45, 2.75) is 25.7 Å². The molecule has 0 aromatic rings. The molecule has 0 aromatic carbocycles. The van der Waals surface area contributed by atoms with Gasteiger partial charge in [-0.15, -0.1) is 0 Å². The fourth-order valence-electron chi connectivity index (χ4n) is 1.78. The Hall–Kier alpha value is -1.43. The lowest BCUT2D eigenvalue weighted by Gasteiger charge is -2.13. The molecule has 1 aliphatic heterocycles. The Balaban J connectivity index is 2.12. The lowest BCUT2D eigenvalue weighted by Crippen LogP contribution is -2.33. The average Bonchev–Trinajstić information content (AvgIpc) is 2.60. The minimum Gasteiger partial charge on any atom is -0.355 e. The van der Waals surface area contributed by atoms with Gasteiger partial charge in [-0.1, -0.05) is 0 Å².